The number of hydrogen-bond donors (Lipinski definition) is 1. The van der Waals surface area contributed by atoms with Crippen molar-refractivity contribution in [3.63, 3.8) is 0 Å². The van der Waals surface area contributed by atoms with Crippen molar-refractivity contribution in [2.24, 2.45) is 0 Å². The van der Waals surface area contributed by atoms with Crippen molar-refractivity contribution in [1.82, 2.24) is 0 Å². The van der Waals surface area contributed by atoms with E-state index in [9.17, 15) is 27.7 Å². The lowest BCUT2D eigenvalue weighted by Crippen LogP contribution is -2.06. The van der Waals surface area contributed by atoms with E-state index in [4.69, 9.17) is 0 Å². The average Bonchev–Trinajstić information content (AvgIpc) is 2.41. The van der Waals surface area contributed by atoms with Gasteiger partial charge in [0, 0.05) is 30.3 Å². The SMILES string of the molecule is O=[N+]([O-])c1ccc(F)cc1NCc1cc(F)c(F)cc1F. The van der Waals surface area contributed by atoms with E-state index >= 15 is 0 Å². The molecule has 1 N–H and O–H groups in total. The zero-order chi connectivity index (χ0) is 15.6. The molecular formula is C13H8F4N2O2. The lowest BCUT2D eigenvalue weighted by molar-refractivity contribution is -0.384. The minimum Gasteiger partial charge on any atom is -0.375 e. The molecule has 110 valence electrons. The first-order valence-corrected chi connectivity index (χ1v) is 5.69. The van der Waals surface area contributed by atoms with Gasteiger partial charge in [-0.25, -0.2) is 17.6 Å². The van der Waals surface area contributed by atoms with Crippen LogP contribution in [0, 0.1) is 33.4 Å². The second-order valence-corrected chi connectivity index (χ2v) is 4.13. The molecule has 2 aromatic rings. The molecule has 0 radical (unpaired) electrons. The zero-order valence-electron chi connectivity index (χ0n) is 10.4. The second-order valence-electron chi connectivity index (χ2n) is 4.13. The number of anilines is 1. The summed E-state index contributed by atoms with van der Waals surface area (Å²) in [6, 6.07) is 3.70. The van der Waals surface area contributed by atoms with E-state index in [-0.39, 0.29) is 17.8 Å². The van der Waals surface area contributed by atoms with E-state index in [0.29, 0.717) is 12.1 Å². The molecule has 0 aliphatic rings. The summed E-state index contributed by atoms with van der Waals surface area (Å²) in [4.78, 5) is 10.0. The summed E-state index contributed by atoms with van der Waals surface area (Å²) in [5.74, 6) is -4.33. The number of nitrogens with zero attached hydrogens (tertiary/aromatic N) is 1. The van der Waals surface area contributed by atoms with Crippen LogP contribution in [0.3, 0.4) is 0 Å². The Kier molecular flexibility index (Phi) is 4.06. The number of nitro benzene ring substituents is 1. The fraction of sp³-hybridized carbons (Fsp3) is 0.0769. The fourth-order valence-electron chi connectivity index (χ4n) is 1.70. The monoisotopic (exact) mass is 300 g/mol. The quantitative estimate of drug-likeness (QED) is 0.405. The van der Waals surface area contributed by atoms with E-state index in [2.05, 4.69) is 5.32 Å². The van der Waals surface area contributed by atoms with Gasteiger partial charge in [0.15, 0.2) is 11.6 Å². The van der Waals surface area contributed by atoms with Gasteiger partial charge in [-0.05, 0) is 12.1 Å². The van der Waals surface area contributed by atoms with Crippen molar-refractivity contribution >= 4 is 11.4 Å². The Labute approximate surface area is 116 Å². The molecule has 2 rings (SSSR count). The van der Waals surface area contributed by atoms with Gasteiger partial charge in [-0.3, -0.25) is 10.1 Å². The lowest BCUT2D eigenvalue weighted by Gasteiger charge is -2.08. The molecule has 2 aromatic carbocycles. The van der Waals surface area contributed by atoms with Crippen LogP contribution < -0.4 is 5.32 Å². The van der Waals surface area contributed by atoms with Crippen LogP contribution in [0.2, 0.25) is 0 Å². The Morgan fingerprint density at radius 2 is 1.67 bits per heavy atom. The molecule has 0 aliphatic carbocycles. The van der Waals surface area contributed by atoms with Crippen LogP contribution in [0.15, 0.2) is 30.3 Å². The average molecular weight is 300 g/mol. The van der Waals surface area contributed by atoms with Crippen molar-refractivity contribution in [3.8, 4) is 0 Å². The first-order chi connectivity index (χ1) is 9.88. The maximum absolute atomic E-state index is 13.4. The molecule has 0 spiro atoms. The van der Waals surface area contributed by atoms with E-state index in [0.717, 1.165) is 18.2 Å². The molecule has 0 saturated heterocycles. The van der Waals surface area contributed by atoms with Gasteiger partial charge in [-0.2, -0.15) is 0 Å². The van der Waals surface area contributed by atoms with Gasteiger partial charge in [0.05, 0.1) is 4.92 Å². The summed E-state index contributed by atoms with van der Waals surface area (Å²) in [6.45, 7) is -0.368. The molecule has 0 aliphatic heterocycles. The maximum Gasteiger partial charge on any atom is 0.292 e. The van der Waals surface area contributed by atoms with Gasteiger partial charge in [-0.15, -0.1) is 0 Å². The standard InChI is InChI=1S/C13H8F4N2O2/c14-8-1-2-13(19(20)21)12(4-8)18-6-7-3-10(16)11(17)5-9(7)15/h1-5,18H,6H2. The normalized spacial score (nSPS) is 10.5. The predicted molar refractivity (Wildman–Crippen MR) is 66.7 cm³/mol. The summed E-state index contributed by atoms with van der Waals surface area (Å²) < 4.78 is 52.3. The molecule has 0 aromatic heterocycles. The summed E-state index contributed by atoms with van der Waals surface area (Å²) in [5, 5.41) is 13.2. The van der Waals surface area contributed by atoms with Gasteiger partial charge < -0.3 is 5.32 Å². The highest BCUT2D eigenvalue weighted by atomic mass is 19.2. The third kappa shape index (κ3) is 3.28. The third-order valence-corrected chi connectivity index (χ3v) is 2.71. The van der Waals surface area contributed by atoms with Crippen LogP contribution in [-0.2, 0) is 6.54 Å². The molecule has 0 bridgehead atoms. The highest BCUT2D eigenvalue weighted by molar-refractivity contribution is 5.61. The molecule has 0 fully saturated rings. The largest absolute Gasteiger partial charge is 0.375 e. The Bertz CT molecular complexity index is 707. The Morgan fingerprint density at radius 3 is 2.33 bits per heavy atom. The first-order valence-electron chi connectivity index (χ1n) is 5.69. The molecular weight excluding hydrogens is 292 g/mol. The highest BCUT2D eigenvalue weighted by Crippen LogP contribution is 2.26. The fourth-order valence-corrected chi connectivity index (χ4v) is 1.70. The molecule has 0 amide bonds. The molecule has 21 heavy (non-hydrogen) atoms. The molecule has 4 nitrogen and oxygen atoms in total. The van der Waals surface area contributed by atoms with Crippen molar-refractivity contribution < 1.29 is 22.5 Å². The van der Waals surface area contributed by atoms with Crippen molar-refractivity contribution in [2.75, 3.05) is 5.32 Å². The number of nitrogens with one attached hydrogen (secondary N) is 1. The Hall–Kier alpha value is -2.64. The smallest absolute Gasteiger partial charge is 0.292 e. The lowest BCUT2D eigenvalue weighted by atomic mass is 10.2. The van der Waals surface area contributed by atoms with E-state index in [1.807, 2.05) is 0 Å². The molecule has 0 unspecified atom stereocenters. The summed E-state index contributed by atoms with van der Waals surface area (Å²) in [7, 11) is 0. The number of hydrogen-bond acceptors (Lipinski definition) is 3. The van der Waals surface area contributed by atoms with Crippen LogP contribution >= 0.6 is 0 Å². The minimum atomic E-state index is -1.34. The van der Waals surface area contributed by atoms with Crippen molar-refractivity contribution in [1.29, 1.82) is 0 Å². The van der Waals surface area contributed by atoms with Gasteiger partial charge in [0.25, 0.3) is 5.69 Å². The van der Waals surface area contributed by atoms with Crippen LogP contribution in [0.1, 0.15) is 5.56 Å². The number of nitro groups is 1. The summed E-state index contributed by atoms with van der Waals surface area (Å²) in [5.41, 5.74) is -0.851. The summed E-state index contributed by atoms with van der Waals surface area (Å²) in [6.07, 6.45) is 0. The van der Waals surface area contributed by atoms with E-state index in [1.54, 1.807) is 0 Å². The van der Waals surface area contributed by atoms with Gasteiger partial charge >= 0.3 is 0 Å². The predicted octanol–water partition coefficient (Wildman–Crippen LogP) is 3.76. The van der Waals surface area contributed by atoms with Crippen LogP contribution in [0.5, 0.6) is 0 Å². The number of halogens is 4. The Balaban J connectivity index is 2.26. The van der Waals surface area contributed by atoms with Crippen LogP contribution in [-0.4, -0.2) is 4.92 Å². The van der Waals surface area contributed by atoms with Gasteiger partial charge in [-0.1, -0.05) is 0 Å². The second kappa shape index (κ2) is 5.78. The minimum absolute atomic E-state index is 0.191. The van der Waals surface area contributed by atoms with Crippen LogP contribution in [0.25, 0.3) is 0 Å². The summed E-state index contributed by atoms with van der Waals surface area (Å²) >= 11 is 0. The highest BCUT2D eigenvalue weighted by Gasteiger charge is 2.15. The molecule has 8 heteroatoms. The number of benzene rings is 2. The topological polar surface area (TPSA) is 55.2 Å². The van der Waals surface area contributed by atoms with Crippen molar-refractivity contribution in [2.45, 2.75) is 6.54 Å². The van der Waals surface area contributed by atoms with E-state index in [1.165, 1.54) is 0 Å². The van der Waals surface area contributed by atoms with E-state index < -0.39 is 33.9 Å². The molecule has 0 saturated carbocycles. The number of rotatable bonds is 4. The Morgan fingerprint density at radius 1 is 1.00 bits per heavy atom. The van der Waals surface area contributed by atoms with Crippen molar-refractivity contribution in [3.05, 3.63) is 69.3 Å². The maximum atomic E-state index is 13.4. The van der Waals surface area contributed by atoms with Crippen LogP contribution in [0.4, 0.5) is 28.9 Å². The molecule has 0 heterocycles. The van der Waals surface area contributed by atoms with Gasteiger partial charge in [0.1, 0.15) is 17.3 Å². The molecule has 0 atom stereocenters. The first kappa shape index (κ1) is 14.8. The zero-order valence-corrected chi connectivity index (χ0v) is 10.4. The third-order valence-electron chi connectivity index (χ3n) is 2.71. The van der Waals surface area contributed by atoms with Gasteiger partial charge in [0.2, 0.25) is 0 Å².